The molecule has 0 spiro atoms. The van der Waals surface area contributed by atoms with E-state index < -0.39 is 5.97 Å². The Morgan fingerprint density at radius 1 is 1.30 bits per heavy atom. The Bertz CT molecular complexity index is 710. The van der Waals surface area contributed by atoms with Crippen LogP contribution in [0.4, 0.5) is 0 Å². The molecule has 0 amide bonds. The van der Waals surface area contributed by atoms with Gasteiger partial charge < -0.3 is 13.9 Å². The Labute approximate surface area is 114 Å². The maximum atomic E-state index is 12.2. The number of benzene rings is 1. The lowest BCUT2D eigenvalue weighted by Gasteiger charge is -2.00. The van der Waals surface area contributed by atoms with Crippen LogP contribution in [-0.4, -0.2) is 18.9 Å². The molecule has 0 bridgehead atoms. The molecule has 5 nitrogen and oxygen atoms in total. The smallest absolute Gasteiger partial charge is 0.337 e. The molecular formula is C15H10O5. The van der Waals surface area contributed by atoms with Gasteiger partial charge in [0.15, 0.2) is 5.76 Å². The minimum atomic E-state index is -0.496. The molecule has 1 aliphatic rings. The van der Waals surface area contributed by atoms with Crippen LogP contribution in [0, 0.1) is 0 Å². The predicted octanol–water partition coefficient (Wildman–Crippen LogP) is 2.68. The van der Waals surface area contributed by atoms with Gasteiger partial charge in [0, 0.05) is 6.08 Å². The summed E-state index contributed by atoms with van der Waals surface area (Å²) in [5.74, 6) is 0.318. The van der Waals surface area contributed by atoms with Crippen LogP contribution in [0.15, 0.2) is 46.8 Å². The predicted molar refractivity (Wildman–Crippen MR) is 69.4 cm³/mol. The summed E-state index contributed by atoms with van der Waals surface area (Å²) in [5, 5.41) is 0. The van der Waals surface area contributed by atoms with Crippen molar-refractivity contribution in [1.29, 1.82) is 0 Å². The molecule has 0 atom stereocenters. The second-order valence-electron chi connectivity index (χ2n) is 4.16. The molecule has 0 aliphatic carbocycles. The van der Waals surface area contributed by atoms with E-state index in [0.717, 1.165) is 0 Å². The minimum absolute atomic E-state index is 0.164. The largest absolute Gasteiger partial charge is 0.465 e. The molecule has 2 aromatic rings. The highest BCUT2D eigenvalue weighted by molar-refractivity contribution is 6.15. The first kappa shape index (κ1) is 12.2. The van der Waals surface area contributed by atoms with Crippen LogP contribution in [0.3, 0.4) is 0 Å². The number of carbonyl (C=O) groups excluding carboxylic acids is 2. The summed E-state index contributed by atoms with van der Waals surface area (Å²) in [5.41, 5.74) is 0.646. The fourth-order valence-electron chi connectivity index (χ4n) is 1.94. The SMILES string of the molecule is COC(=O)c1ccc2c(c1)C(=O)/C(=C\c1ccco1)O2. The number of ketones is 1. The van der Waals surface area contributed by atoms with E-state index in [2.05, 4.69) is 4.74 Å². The molecule has 0 saturated heterocycles. The second kappa shape index (κ2) is 4.70. The van der Waals surface area contributed by atoms with E-state index in [1.54, 1.807) is 24.3 Å². The molecule has 0 N–H and O–H groups in total. The minimum Gasteiger partial charge on any atom is -0.465 e. The molecule has 5 heteroatoms. The zero-order chi connectivity index (χ0) is 14.1. The van der Waals surface area contributed by atoms with Crippen molar-refractivity contribution in [2.75, 3.05) is 7.11 Å². The molecule has 0 radical (unpaired) electrons. The number of esters is 1. The first-order valence-corrected chi connectivity index (χ1v) is 5.89. The molecule has 3 rings (SSSR count). The lowest BCUT2D eigenvalue weighted by molar-refractivity contribution is 0.0600. The number of fused-ring (bicyclic) bond motifs is 1. The van der Waals surface area contributed by atoms with Crippen LogP contribution in [0.25, 0.3) is 6.08 Å². The van der Waals surface area contributed by atoms with Gasteiger partial charge in [-0.1, -0.05) is 0 Å². The highest BCUT2D eigenvalue weighted by atomic mass is 16.5. The van der Waals surface area contributed by atoms with E-state index >= 15 is 0 Å². The monoisotopic (exact) mass is 270 g/mol. The number of hydrogen-bond acceptors (Lipinski definition) is 5. The zero-order valence-corrected chi connectivity index (χ0v) is 10.6. The van der Waals surface area contributed by atoms with Crippen molar-refractivity contribution in [3.63, 3.8) is 0 Å². The van der Waals surface area contributed by atoms with Gasteiger partial charge in [-0.15, -0.1) is 0 Å². The first-order valence-electron chi connectivity index (χ1n) is 5.89. The van der Waals surface area contributed by atoms with Gasteiger partial charge in [0.05, 0.1) is 24.5 Å². The Balaban J connectivity index is 1.97. The highest BCUT2D eigenvalue weighted by Crippen LogP contribution is 2.32. The fourth-order valence-corrected chi connectivity index (χ4v) is 1.94. The van der Waals surface area contributed by atoms with Gasteiger partial charge in [-0.3, -0.25) is 4.79 Å². The number of ether oxygens (including phenoxy) is 2. The average Bonchev–Trinajstić information content (AvgIpc) is 3.08. The normalized spacial score (nSPS) is 15.1. The number of Topliss-reactive ketones (excluding diaryl/α,β-unsaturated/α-hetero) is 1. The number of allylic oxidation sites excluding steroid dienone is 1. The molecule has 0 unspecified atom stereocenters. The molecular weight excluding hydrogens is 260 g/mol. The number of furan rings is 1. The summed E-state index contributed by atoms with van der Waals surface area (Å²) < 4.78 is 15.2. The van der Waals surface area contributed by atoms with Crippen molar-refractivity contribution < 1.29 is 23.5 Å². The number of hydrogen-bond donors (Lipinski definition) is 0. The van der Waals surface area contributed by atoms with Crippen LogP contribution in [0.1, 0.15) is 26.5 Å². The summed E-state index contributed by atoms with van der Waals surface area (Å²) in [6, 6.07) is 8.02. The molecule has 1 aliphatic heterocycles. The third-order valence-corrected chi connectivity index (χ3v) is 2.91. The summed E-state index contributed by atoms with van der Waals surface area (Å²) in [7, 11) is 1.29. The molecule has 1 aromatic heterocycles. The van der Waals surface area contributed by atoms with Crippen molar-refractivity contribution in [3.05, 3.63) is 59.2 Å². The van der Waals surface area contributed by atoms with Gasteiger partial charge in [-0.25, -0.2) is 4.79 Å². The lowest BCUT2D eigenvalue weighted by atomic mass is 10.1. The van der Waals surface area contributed by atoms with E-state index in [0.29, 0.717) is 22.6 Å². The van der Waals surface area contributed by atoms with Crippen molar-refractivity contribution >= 4 is 17.8 Å². The topological polar surface area (TPSA) is 65.7 Å². The molecule has 20 heavy (non-hydrogen) atoms. The van der Waals surface area contributed by atoms with Gasteiger partial charge in [0.2, 0.25) is 5.78 Å². The quantitative estimate of drug-likeness (QED) is 0.620. The Hall–Kier alpha value is -2.82. The zero-order valence-electron chi connectivity index (χ0n) is 10.6. The third kappa shape index (κ3) is 1.99. The van der Waals surface area contributed by atoms with Crippen molar-refractivity contribution in [1.82, 2.24) is 0 Å². The maximum Gasteiger partial charge on any atom is 0.337 e. The molecule has 1 aromatic carbocycles. The molecule has 0 fully saturated rings. The van der Waals surface area contributed by atoms with Crippen LogP contribution >= 0.6 is 0 Å². The van der Waals surface area contributed by atoms with E-state index in [1.807, 2.05) is 0 Å². The van der Waals surface area contributed by atoms with Crippen molar-refractivity contribution in [2.24, 2.45) is 0 Å². The van der Waals surface area contributed by atoms with Crippen LogP contribution in [-0.2, 0) is 4.74 Å². The Morgan fingerprint density at radius 3 is 2.85 bits per heavy atom. The van der Waals surface area contributed by atoms with Crippen molar-refractivity contribution in [2.45, 2.75) is 0 Å². The van der Waals surface area contributed by atoms with Gasteiger partial charge >= 0.3 is 5.97 Å². The Morgan fingerprint density at radius 2 is 2.15 bits per heavy atom. The van der Waals surface area contributed by atoms with Gasteiger partial charge in [0.25, 0.3) is 0 Å². The van der Waals surface area contributed by atoms with Crippen LogP contribution in [0.5, 0.6) is 5.75 Å². The van der Waals surface area contributed by atoms with E-state index in [1.165, 1.54) is 25.5 Å². The standard InChI is InChI=1S/C15H10O5/c1-18-15(17)9-4-5-12-11(7-9)14(16)13(20-12)8-10-3-2-6-19-10/h2-8H,1H3/b13-8+. The number of carbonyl (C=O) groups is 2. The lowest BCUT2D eigenvalue weighted by Crippen LogP contribution is -2.02. The van der Waals surface area contributed by atoms with Gasteiger partial charge in [0.1, 0.15) is 11.5 Å². The van der Waals surface area contributed by atoms with Crippen LogP contribution < -0.4 is 4.74 Å². The van der Waals surface area contributed by atoms with E-state index in [-0.39, 0.29) is 11.5 Å². The summed E-state index contributed by atoms with van der Waals surface area (Å²) in [6.07, 6.45) is 3.02. The Kier molecular flexibility index (Phi) is 2.87. The summed E-state index contributed by atoms with van der Waals surface area (Å²) in [4.78, 5) is 23.7. The van der Waals surface area contributed by atoms with Crippen LogP contribution in [0.2, 0.25) is 0 Å². The second-order valence-corrected chi connectivity index (χ2v) is 4.16. The van der Waals surface area contributed by atoms with Gasteiger partial charge in [-0.05, 0) is 30.3 Å². The van der Waals surface area contributed by atoms with Gasteiger partial charge in [-0.2, -0.15) is 0 Å². The number of rotatable bonds is 2. The van der Waals surface area contributed by atoms with E-state index in [4.69, 9.17) is 9.15 Å². The van der Waals surface area contributed by atoms with Crippen molar-refractivity contribution in [3.8, 4) is 5.75 Å². The number of methoxy groups -OCH3 is 1. The molecule has 0 saturated carbocycles. The highest BCUT2D eigenvalue weighted by Gasteiger charge is 2.28. The summed E-state index contributed by atoms with van der Waals surface area (Å²) in [6.45, 7) is 0. The van der Waals surface area contributed by atoms with E-state index in [9.17, 15) is 9.59 Å². The molecule has 2 heterocycles. The fraction of sp³-hybridized carbons (Fsp3) is 0.0667. The first-order chi connectivity index (χ1) is 9.69. The average molecular weight is 270 g/mol. The maximum absolute atomic E-state index is 12.2. The third-order valence-electron chi connectivity index (χ3n) is 2.91. The summed E-state index contributed by atoms with van der Waals surface area (Å²) >= 11 is 0. The molecule has 100 valence electrons.